The Hall–Kier alpha value is -3.43. The van der Waals surface area contributed by atoms with Gasteiger partial charge in [-0.05, 0) is 80.0 Å². The summed E-state index contributed by atoms with van der Waals surface area (Å²) < 4.78 is 7.34. The highest BCUT2D eigenvalue weighted by Crippen LogP contribution is 2.33. The molecule has 37 heavy (non-hydrogen) atoms. The Bertz CT molecular complexity index is 1360. The van der Waals surface area contributed by atoms with E-state index in [0.29, 0.717) is 47.5 Å². The van der Waals surface area contributed by atoms with Crippen molar-refractivity contribution in [2.75, 3.05) is 31.1 Å². The van der Waals surface area contributed by atoms with Crippen LogP contribution in [0.2, 0.25) is 0 Å². The van der Waals surface area contributed by atoms with Crippen molar-refractivity contribution >= 4 is 61.9 Å². The number of carbonyl (C=O) groups is 1. The van der Waals surface area contributed by atoms with Crippen molar-refractivity contribution in [3.8, 4) is 11.8 Å². The Morgan fingerprint density at radius 1 is 1.11 bits per heavy atom. The second-order valence-corrected chi connectivity index (χ2v) is 10.3. The van der Waals surface area contributed by atoms with Crippen LogP contribution in [0.25, 0.3) is 6.08 Å². The van der Waals surface area contributed by atoms with Crippen molar-refractivity contribution in [3.63, 3.8) is 0 Å². The third-order valence-electron chi connectivity index (χ3n) is 5.88. The molecule has 0 spiro atoms. The minimum atomic E-state index is -0.443. The van der Waals surface area contributed by atoms with E-state index in [9.17, 15) is 20.2 Å². The molecule has 3 aromatic rings. The number of carbonyl (C=O) groups excluding carboxylic acids is 1. The molecule has 8 nitrogen and oxygen atoms in total. The van der Waals surface area contributed by atoms with E-state index >= 15 is 0 Å². The molecule has 0 radical (unpaired) electrons. The zero-order valence-corrected chi connectivity index (χ0v) is 23.4. The van der Waals surface area contributed by atoms with E-state index in [1.165, 1.54) is 12.1 Å². The lowest BCUT2D eigenvalue weighted by atomic mass is 10.1. The number of rotatable bonds is 7. The molecule has 0 N–H and O–H groups in total. The molecular formula is C27H22BrIN4O4. The fourth-order valence-corrected chi connectivity index (χ4v) is 5.77. The summed E-state index contributed by atoms with van der Waals surface area (Å²) in [6.45, 7) is 2.64. The van der Waals surface area contributed by atoms with Crippen LogP contribution in [-0.2, 0) is 11.4 Å². The molecule has 0 aromatic heterocycles. The number of nitriles is 1. The lowest BCUT2D eigenvalue weighted by Crippen LogP contribution is -2.49. The van der Waals surface area contributed by atoms with Gasteiger partial charge in [-0.3, -0.25) is 14.9 Å². The fourth-order valence-electron chi connectivity index (χ4n) is 4.00. The molecule has 10 heteroatoms. The highest BCUT2D eigenvalue weighted by atomic mass is 127. The number of para-hydroxylation sites is 1. The summed E-state index contributed by atoms with van der Waals surface area (Å²) in [6, 6.07) is 22.0. The van der Waals surface area contributed by atoms with Gasteiger partial charge >= 0.3 is 0 Å². The largest absolute Gasteiger partial charge is 0.487 e. The number of ether oxygens (including phenoxy) is 1. The molecule has 1 saturated heterocycles. The van der Waals surface area contributed by atoms with Crippen molar-refractivity contribution in [2.45, 2.75) is 6.61 Å². The number of nitro groups is 1. The van der Waals surface area contributed by atoms with E-state index in [1.807, 2.05) is 24.3 Å². The zero-order chi connectivity index (χ0) is 26.4. The number of anilines is 1. The topological polar surface area (TPSA) is 99.7 Å². The van der Waals surface area contributed by atoms with Gasteiger partial charge in [0.2, 0.25) is 0 Å². The molecule has 4 rings (SSSR count). The third-order valence-corrected chi connectivity index (χ3v) is 7.27. The van der Waals surface area contributed by atoms with Gasteiger partial charge in [-0.2, -0.15) is 5.26 Å². The highest BCUT2D eigenvalue weighted by Gasteiger charge is 2.24. The van der Waals surface area contributed by atoms with Crippen LogP contribution in [0.15, 0.2) is 76.8 Å². The van der Waals surface area contributed by atoms with Crippen molar-refractivity contribution in [1.82, 2.24) is 4.90 Å². The van der Waals surface area contributed by atoms with E-state index in [4.69, 9.17) is 4.74 Å². The van der Waals surface area contributed by atoms with Crippen molar-refractivity contribution in [1.29, 1.82) is 5.26 Å². The van der Waals surface area contributed by atoms with Crippen molar-refractivity contribution in [3.05, 3.63) is 102 Å². The van der Waals surface area contributed by atoms with Crippen LogP contribution < -0.4 is 9.64 Å². The summed E-state index contributed by atoms with van der Waals surface area (Å²) in [5.74, 6) is 0.290. The zero-order valence-electron chi connectivity index (χ0n) is 19.6. The summed E-state index contributed by atoms with van der Waals surface area (Å²) >= 11 is 5.64. The number of halogens is 2. The molecule has 0 atom stereocenters. The molecular weight excluding hydrogens is 651 g/mol. The van der Waals surface area contributed by atoms with Crippen LogP contribution in [0.1, 0.15) is 11.1 Å². The fraction of sp³-hybridized carbons (Fsp3) is 0.185. The number of nitrogens with zero attached hydrogens (tertiary/aromatic N) is 4. The van der Waals surface area contributed by atoms with E-state index < -0.39 is 4.92 Å². The summed E-state index contributed by atoms with van der Waals surface area (Å²) in [5.41, 5.74) is 2.56. The van der Waals surface area contributed by atoms with Crippen LogP contribution in [0.3, 0.4) is 0 Å². The second kappa shape index (κ2) is 12.2. The van der Waals surface area contributed by atoms with Gasteiger partial charge in [0, 0.05) is 44.0 Å². The molecule has 1 aliphatic heterocycles. The molecule has 3 aromatic carbocycles. The first kappa shape index (κ1) is 26.6. The van der Waals surface area contributed by atoms with Crippen LogP contribution in [0, 0.1) is 25.0 Å². The molecule has 0 saturated carbocycles. The summed E-state index contributed by atoms with van der Waals surface area (Å²) in [4.78, 5) is 27.6. The lowest BCUT2D eigenvalue weighted by Gasteiger charge is -2.36. The van der Waals surface area contributed by atoms with Crippen LogP contribution in [0.4, 0.5) is 11.4 Å². The van der Waals surface area contributed by atoms with Gasteiger partial charge in [0.1, 0.15) is 24.0 Å². The van der Waals surface area contributed by atoms with Gasteiger partial charge in [-0.15, -0.1) is 0 Å². The first-order valence-electron chi connectivity index (χ1n) is 11.4. The summed E-state index contributed by atoms with van der Waals surface area (Å²) in [7, 11) is 0. The normalized spacial score (nSPS) is 13.7. The molecule has 1 aliphatic rings. The van der Waals surface area contributed by atoms with Gasteiger partial charge in [0.15, 0.2) is 0 Å². The van der Waals surface area contributed by atoms with Crippen LogP contribution in [0.5, 0.6) is 5.75 Å². The number of piperazine rings is 1. The Labute approximate surface area is 236 Å². The lowest BCUT2D eigenvalue weighted by molar-refractivity contribution is -0.384. The summed E-state index contributed by atoms with van der Waals surface area (Å²) in [5, 5.41) is 20.7. The minimum Gasteiger partial charge on any atom is -0.487 e. The van der Waals surface area contributed by atoms with Gasteiger partial charge in [-0.25, -0.2) is 0 Å². The Balaban J connectivity index is 1.43. The van der Waals surface area contributed by atoms with Gasteiger partial charge in [0.05, 0.1) is 13.0 Å². The van der Waals surface area contributed by atoms with Crippen molar-refractivity contribution < 1.29 is 14.5 Å². The number of non-ortho nitro benzene ring substituents is 1. The SMILES string of the molecule is N#C/C(=C/c1cc(Br)c(OCc2cccc([N+](=O)[O-])c2)c(I)c1)C(=O)N1CCN(c2ccccc2)CC1. The smallest absolute Gasteiger partial charge is 0.269 e. The number of hydrogen-bond acceptors (Lipinski definition) is 6. The van der Waals surface area contributed by atoms with Gasteiger partial charge in [0.25, 0.3) is 11.6 Å². The molecule has 188 valence electrons. The molecule has 0 unspecified atom stereocenters. The minimum absolute atomic E-state index is 0.00512. The quantitative estimate of drug-likeness (QED) is 0.104. The highest BCUT2D eigenvalue weighted by molar-refractivity contribution is 14.1. The van der Waals surface area contributed by atoms with E-state index in [0.717, 1.165) is 9.26 Å². The van der Waals surface area contributed by atoms with Crippen LogP contribution >= 0.6 is 38.5 Å². The maximum absolute atomic E-state index is 13.1. The monoisotopic (exact) mass is 672 g/mol. The molecule has 0 aliphatic carbocycles. The van der Waals surface area contributed by atoms with Crippen molar-refractivity contribution in [2.24, 2.45) is 0 Å². The number of benzene rings is 3. The van der Waals surface area contributed by atoms with E-state index in [2.05, 4.69) is 61.6 Å². The van der Waals surface area contributed by atoms with Gasteiger partial charge < -0.3 is 14.5 Å². The predicted octanol–water partition coefficient (Wildman–Crippen LogP) is 5.80. The van der Waals surface area contributed by atoms with E-state index in [-0.39, 0.29) is 23.8 Å². The number of amides is 1. The Morgan fingerprint density at radius 2 is 1.84 bits per heavy atom. The Morgan fingerprint density at radius 3 is 2.49 bits per heavy atom. The molecule has 1 amide bonds. The predicted molar refractivity (Wildman–Crippen MR) is 153 cm³/mol. The first-order valence-corrected chi connectivity index (χ1v) is 13.3. The average molecular weight is 673 g/mol. The summed E-state index contributed by atoms with van der Waals surface area (Å²) in [6.07, 6.45) is 1.59. The third kappa shape index (κ3) is 6.67. The van der Waals surface area contributed by atoms with Crippen LogP contribution in [-0.4, -0.2) is 41.9 Å². The molecule has 1 heterocycles. The Kier molecular flexibility index (Phi) is 8.78. The maximum atomic E-state index is 13.1. The molecule has 0 bridgehead atoms. The number of hydrogen-bond donors (Lipinski definition) is 0. The number of nitro benzene ring substituents is 1. The standard InChI is InChI=1S/C27H22BrIN4O4/c28-24-15-20(16-25(29)26(24)37-18-19-5-4-8-23(14-19)33(35)36)13-21(17-30)27(34)32-11-9-31(10-12-32)22-6-2-1-3-7-22/h1-8,13-16H,9-12,18H2/b21-13-. The van der Waals surface area contributed by atoms with E-state index in [1.54, 1.807) is 29.2 Å². The second-order valence-electron chi connectivity index (χ2n) is 8.31. The maximum Gasteiger partial charge on any atom is 0.269 e. The average Bonchev–Trinajstić information content (AvgIpc) is 2.91. The first-order chi connectivity index (χ1) is 17.9. The van der Waals surface area contributed by atoms with Gasteiger partial charge in [-0.1, -0.05) is 30.3 Å². The molecule has 1 fully saturated rings.